The highest BCUT2D eigenvalue weighted by atomic mass is 16.5. The molecule has 0 atom stereocenters. The number of nitrogens with two attached hydrogens (primary N) is 1. The van der Waals surface area contributed by atoms with E-state index in [-0.39, 0.29) is 0 Å². The van der Waals surface area contributed by atoms with Crippen molar-refractivity contribution in [2.24, 2.45) is 5.73 Å². The molecule has 0 fully saturated rings. The molecule has 3 rings (SSSR count). The number of rotatable bonds is 4. The maximum absolute atomic E-state index is 11.7. The van der Waals surface area contributed by atoms with Crippen LogP contribution in [0.15, 0.2) is 71.3 Å². The summed E-state index contributed by atoms with van der Waals surface area (Å²) in [4.78, 5) is 13.1. The van der Waals surface area contributed by atoms with Gasteiger partial charge in [0.25, 0.3) is 0 Å². The number of benzene rings is 2. The Hall–Kier alpha value is -3.08. The monoisotopic (exact) mass is 293 g/mol. The van der Waals surface area contributed by atoms with Gasteiger partial charge in [-0.1, -0.05) is 65.8 Å². The average Bonchev–Trinajstić information content (AvgIpc) is 3.04. The van der Waals surface area contributed by atoms with Crippen LogP contribution in [0.4, 0.5) is 10.6 Å². The number of aromatic nitrogens is 1. The maximum Gasteiger partial charge on any atom is 0.320 e. The second kappa shape index (κ2) is 6.13. The maximum atomic E-state index is 11.7. The number of carbonyl (C=O) groups excluding carboxylic acids is 1. The molecule has 0 aliphatic heterocycles. The number of urea groups is 1. The van der Waals surface area contributed by atoms with E-state index in [4.69, 9.17) is 10.3 Å². The largest absolute Gasteiger partial charge is 0.354 e. The van der Waals surface area contributed by atoms with Crippen molar-refractivity contribution >= 4 is 11.8 Å². The quantitative estimate of drug-likeness (QED) is 0.801. The Labute approximate surface area is 128 Å². The van der Waals surface area contributed by atoms with Crippen LogP contribution in [0, 0.1) is 0 Å². The van der Waals surface area contributed by atoms with Crippen molar-refractivity contribution in [3.8, 4) is 11.3 Å². The van der Waals surface area contributed by atoms with Gasteiger partial charge in [0.15, 0.2) is 11.6 Å². The highest BCUT2D eigenvalue weighted by Crippen LogP contribution is 2.25. The Balaban J connectivity index is 1.87. The van der Waals surface area contributed by atoms with Gasteiger partial charge < -0.3 is 10.3 Å². The number of hydrogen-bond acceptors (Lipinski definition) is 3. The minimum absolute atomic E-state index is 0.344. The fourth-order valence-corrected chi connectivity index (χ4v) is 2.17. The van der Waals surface area contributed by atoms with E-state index in [1.165, 1.54) is 4.90 Å². The molecule has 0 spiro atoms. The normalized spacial score (nSPS) is 10.4. The van der Waals surface area contributed by atoms with Crippen LogP contribution in [-0.2, 0) is 6.54 Å². The van der Waals surface area contributed by atoms with E-state index in [1.54, 1.807) is 6.07 Å². The Kier molecular flexibility index (Phi) is 3.87. The zero-order chi connectivity index (χ0) is 15.4. The number of anilines is 1. The first-order valence-corrected chi connectivity index (χ1v) is 6.87. The van der Waals surface area contributed by atoms with Gasteiger partial charge in [-0.15, -0.1) is 0 Å². The van der Waals surface area contributed by atoms with Crippen LogP contribution < -0.4 is 10.6 Å². The molecule has 2 N–H and O–H groups in total. The van der Waals surface area contributed by atoms with Gasteiger partial charge in [0.2, 0.25) is 0 Å². The standard InChI is InChI=1S/C17H15N3O2/c18-17(21)20(12-13-7-3-1-4-8-13)16-11-15(22-19-16)14-9-5-2-6-10-14/h1-11H,12H2,(H2,18,21). The summed E-state index contributed by atoms with van der Waals surface area (Å²) in [6, 6.07) is 20.3. The average molecular weight is 293 g/mol. The summed E-state index contributed by atoms with van der Waals surface area (Å²) >= 11 is 0. The summed E-state index contributed by atoms with van der Waals surface area (Å²) in [7, 11) is 0. The Morgan fingerprint density at radius 1 is 1.05 bits per heavy atom. The lowest BCUT2D eigenvalue weighted by Gasteiger charge is -2.16. The molecular weight excluding hydrogens is 278 g/mol. The van der Waals surface area contributed by atoms with Gasteiger partial charge in [-0.05, 0) is 5.56 Å². The summed E-state index contributed by atoms with van der Waals surface area (Å²) < 4.78 is 5.32. The number of nitrogens with zero attached hydrogens (tertiary/aromatic N) is 2. The predicted octanol–water partition coefficient (Wildman–Crippen LogP) is 3.43. The Bertz CT molecular complexity index is 754. The summed E-state index contributed by atoms with van der Waals surface area (Å²) in [5.74, 6) is 0.991. The van der Waals surface area contributed by atoms with Crippen molar-refractivity contribution in [3.63, 3.8) is 0 Å². The topological polar surface area (TPSA) is 72.4 Å². The minimum Gasteiger partial charge on any atom is -0.354 e. The van der Waals surface area contributed by atoms with E-state index < -0.39 is 6.03 Å². The fraction of sp³-hybridized carbons (Fsp3) is 0.0588. The fourth-order valence-electron chi connectivity index (χ4n) is 2.17. The molecule has 2 amide bonds. The molecule has 0 aliphatic rings. The van der Waals surface area contributed by atoms with E-state index in [9.17, 15) is 4.79 Å². The van der Waals surface area contributed by atoms with E-state index in [0.29, 0.717) is 18.1 Å². The number of amides is 2. The lowest BCUT2D eigenvalue weighted by Crippen LogP contribution is -2.35. The first kappa shape index (κ1) is 13.9. The molecule has 5 nitrogen and oxygen atoms in total. The van der Waals surface area contributed by atoms with Crippen molar-refractivity contribution < 1.29 is 9.32 Å². The van der Waals surface area contributed by atoms with Crippen LogP contribution in [0.1, 0.15) is 5.56 Å². The van der Waals surface area contributed by atoms with Crippen molar-refractivity contribution in [3.05, 3.63) is 72.3 Å². The van der Waals surface area contributed by atoms with Gasteiger partial charge in [-0.3, -0.25) is 4.90 Å². The number of carbonyl (C=O) groups is 1. The third-order valence-corrected chi connectivity index (χ3v) is 3.28. The summed E-state index contributed by atoms with van der Waals surface area (Å²) in [6.07, 6.45) is 0. The van der Waals surface area contributed by atoms with E-state index >= 15 is 0 Å². The number of hydrogen-bond donors (Lipinski definition) is 1. The van der Waals surface area contributed by atoms with Crippen LogP contribution in [0.2, 0.25) is 0 Å². The van der Waals surface area contributed by atoms with Gasteiger partial charge in [-0.25, -0.2) is 4.79 Å². The van der Waals surface area contributed by atoms with Crippen LogP contribution in [0.5, 0.6) is 0 Å². The van der Waals surface area contributed by atoms with Crippen LogP contribution >= 0.6 is 0 Å². The molecule has 0 unspecified atom stereocenters. The van der Waals surface area contributed by atoms with Crippen molar-refractivity contribution in [2.75, 3.05) is 4.90 Å². The first-order chi connectivity index (χ1) is 10.7. The van der Waals surface area contributed by atoms with Gasteiger partial charge in [-0.2, -0.15) is 0 Å². The molecular formula is C17H15N3O2. The Morgan fingerprint density at radius 3 is 2.32 bits per heavy atom. The predicted molar refractivity (Wildman–Crippen MR) is 84.1 cm³/mol. The molecule has 0 saturated heterocycles. The third-order valence-electron chi connectivity index (χ3n) is 3.28. The molecule has 1 heterocycles. The molecule has 5 heteroatoms. The van der Waals surface area contributed by atoms with Gasteiger partial charge in [0, 0.05) is 11.6 Å². The summed E-state index contributed by atoms with van der Waals surface area (Å²) in [5.41, 5.74) is 7.33. The smallest absolute Gasteiger partial charge is 0.320 e. The summed E-state index contributed by atoms with van der Waals surface area (Å²) in [5, 5.41) is 3.96. The van der Waals surface area contributed by atoms with Gasteiger partial charge in [0.05, 0.1) is 6.54 Å². The second-order valence-corrected chi connectivity index (χ2v) is 4.83. The van der Waals surface area contributed by atoms with Crippen LogP contribution in [-0.4, -0.2) is 11.2 Å². The lowest BCUT2D eigenvalue weighted by molar-refractivity contribution is 0.253. The van der Waals surface area contributed by atoms with Crippen LogP contribution in [0.3, 0.4) is 0 Å². The lowest BCUT2D eigenvalue weighted by atomic mass is 10.2. The molecule has 2 aromatic carbocycles. The molecule has 1 aromatic heterocycles. The van der Waals surface area contributed by atoms with Gasteiger partial charge >= 0.3 is 6.03 Å². The Morgan fingerprint density at radius 2 is 1.68 bits per heavy atom. The number of primary amides is 1. The third kappa shape index (κ3) is 2.98. The molecule has 22 heavy (non-hydrogen) atoms. The molecule has 0 saturated carbocycles. The molecule has 110 valence electrons. The van der Waals surface area contributed by atoms with Gasteiger partial charge in [0.1, 0.15) is 0 Å². The summed E-state index contributed by atoms with van der Waals surface area (Å²) in [6.45, 7) is 0.344. The molecule has 0 radical (unpaired) electrons. The molecule has 0 bridgehead atoms. The van der Waals surface area contributed by atoms with E-state index in [2.05, 4.69) is 5.16 Å². The van der Waals surface area contributed by atoms with Crippen molar-refractivity contribution in [2.45, 2.75) is 6.54 Å². The zero-order valence-electron chi connectivity index (χ0n) is 11.8. The van der Waals surface area contributed by atoms with Crippen molar-refractivity contribution in [1.29, 1.82) is 0 Å². The molecule has 0 aliphatic carbocycles. The minimum atomic E-state index is -0.572. The highest BCUT2D eigenvalue weighted by molar-refractivity contribution is 5.90. The highest BCUT2D eigenvalue weighted by Gasteiger charge is 2.18. The second-order valence-electron chi connectivity index (χ2n) is 4.83. The van der Waals surface area contributed by atoms with E-state index in [0.717, 1.165) is 11.1 Å². The SMILES string of the molecule is NC(=O)N(Cc1ccccc1)c1cc(-c2ccccc2)on1. The molecule has 3 aromatic rings. The zero-order valence-corrected chi connectivity index (χ0v) is 11.8. The van der Waals surface area contributed by atoms with Crippen LogP contribution in [0.25, 0.3) is 11.3 Å². The van der Waals surface area contributed by atoms with Crippen molar-refractivity contribution in [1.82, 2.24) is 5.16 Å². The first-order valence-electron chi connectivity index (χ1n) is 6.87. The van der Waals surface area contributed by atoms with E-state index in [1.807, 2.05) is 60.7 Å².